The predicted molar refractivity (Wildman–Crippen MR) is 82.1 cm³/mol. The van der Waals surface area contributed by atoms with E-state index < -0.39 is 5.54 Å². The van der Waals surface area contributed by atoms with Crippen LogP contribution in [-0.4, -0.2) is 18.1 Å². The summed E-state index contributed by atoms with van der Waals surface area (Å²) in [7, 11) is 0. The summed E-state index contributed by atoms with van der Waals surface area (Å²) in [4.78, 5) is 12.6. The molecule has 0 radical (unpaired) electrons. The summed E-state index contributed by atoms with van der Waals surface area (Å²) in [5.41, 5.74) is 6.73. The maximum atomic E-state index is 12.6. The van der Waals surface area contributed by atoms with E-state index >= 15 is 0 Å². The number of ether oxygens (including phenoxy) is 1. The first-order chi connectivity index (χ1) is 10.2. The van der Waals surface area contributed by atoms with E-state index in [1.54, 1.807) is 0 Å². The third-order valence-electron chi connectivity index (χ3n) is 4.69. The Bertz CT molecular complexity index is 509. The van der Waals surface area contributed by atoms with Crippen LogP contribution in [0.4, 0.5) is 0 Å². The molecule has 1 amide bonds. The van der Waals surface area contributed by atoms with Crippen LogP contribution in [0.2, 0.25) is 0 Å². The highest BCUT2D eigenvalue weighted by molar-refractivity contribution is 5.86. The molecule has 0 spiro atoms. The minimum absolute atomic E-state index is 0.00361. The first kappa shape index (κ1) is 14.4. The van der Waals surface area contributed by atoms with E-state index in [2.05, 4.69) is 5.32 Å². The molecule has 3 rings (SSSR count). The summed E-state index contributed by atoms with van der Waals surface area (Å²) in [5.74, 6) is 0.888. The van der Waals surface area contributed by atoms with Crippen LogP contribution in [-0.2, 0) is 4.79 Å². The summed E-state index contributed by atoms with van der Waals surface area (Å²) < 4.78 is 5.75. The zero-order valence-corrected chi connectivity index (χ0v) is 12.4. The van der Waals surface area contributed by atoms with Crippen molar-refractivity contribution in [2.75, 3.05) is 6.61 Å². The Morgan fingerprint density at radius 2 is 1.95 bits per heavy atom. The summed E-state index contributed by atoms with van der Waals surface area (Å²) in [6, 6.07) is 7.98. The van der Waals surface area contributed by atoms with Crippen LogP contribution < -0.4 is 15.8 Å². The van der Waals surface area contributed by atoms with Gasteiger partial charge in [0.25, 0.3) is 0 Å². The summed E-state index contributed by atoms with van der Waals surface area (Å²) >= 11 is 0. The largest absolute Gasteiger partial charge is 0.493 e. The number of amides is 1. The Hall–Kier alpha value is -1.55. The maximum Gasteiger partial charge on any atom is 0.240 e. The lowest BCUT2D eigenvalue weighted by Crippen LogP contribution is -2.55. The molecule has 1 atom stereocenters. The number of carbonyl (C=O) groups is 1. The SMILES string of the molecule is NC1(C(=O)NC2CCCOc3ccccc32)CCCCC1. The molecule has 1 aliphatic carbocycles. The monoisotopic (exact) mass is 288 g/mol. The van der Waals surface area contributed by atoms with Crippen LogP contribution in [0.25, 0.3) is 0 Å². The Balaban J connectivity index is 1.76. The zero-order chi connectivity index (χ0) is 14.7. The van der Waals surface area contributed by atoms with E-state index in [-0.39, 0.29) is 11.9 Å². The molecule has 1 fully saturated rings. The van der Waals surface area contributed by atoms with Gasteiger partial charge in [-0.1, -0.05) is 37.5 Å². The van der Waals surface area contributed by atoms with Gasteiger partial charge in [-0.25, -0.2) is 0 Å². The van der Waals surface area contributed by atoms with Gasteiger partial charge in [0.1, 0.15) is 5.75 Å². The Kier molecular flexibility index (Phi) is 4.15. The normalized spacial score (nSPS) is 24.3. The number of nitrogens with two attached hydrogens (primary N) is 1. The molecule has 1 unspecified atom stereocenters. The highest BCUT2D eigenvalue weighted by Crippen LogP contribution is 2.33. The molecule has 4 nitrogen and oxygen atoms in total. The fraction of sp³-hybridized carbons (Fsp3) is 0.588. The minimum Gasteiger partial charge on any atom is -0.493 e. The van der Waals surface area contributed by atoms with Crippen LogP contribution in [0.15, 0.2) is 24.3 Å². The van der Waals surface area contributed by atoms with Gasteiger partial charge in [-0.3, -0.25) is 4.79 Å². The van der Waals surface area contributed by atoms with Crippen molar-refractivity contribution in [3.63, 3.8) is 0 Å². The van der Waals surface area contributed by atoms with Crippen molar-refractivity contribution in [3.8, 4) is 5.75 Å². The lowest BCUT2D eigenvalue weighted by atomic mass is 9.81. The number of nitrogens with one attached hydrogen (secondary N) is 1. The van der Waals surface area contributed by atoms with E-state index in [9.17, 15) is 4.79 Å². The average Bonchev–Trinajstić information content (AvgIpc) is 2.71. The molecule has 0 saturated heterocycles. The van der Waals surface area contributed by atoms with Gasteiger partial charge in [-0.05, 0) is 31.7 Å². The highest BCUT2D eigenvalue weighted by Gasteiger charge is 2.36. The first-order valence-electron chi connectivity index (χ1n) is 8.01. The molecule has 3 N–H and O–H groups in total. The molecule has 114 valence electrons. The van der Waals surface area contributed by atoms with E-state index in [1.807, 2.05) is 24.3 Å². The number of hydrogen-bond donors (Lipinski definition) is 2. The van der Waals surface area contributed by atoms with Crippen molar-refractivity contribution in [3.05, 3.63) is 29.8 Å². The number of benzene rings is 1. The number of fused-ring (bicyclic) bond motifs is 1. The van der Waals surface area contributed by atoms with Gasteiger partial charge < -0.3 is 15.8 Å². The predicted octanol–water partition coefficient (Wildman–Crippen LogP) is 2.68. The number of carbonyl (C=O) groups excluding carboxylic acids is 1. The second-order valence-corrected chi connectivity index (χ2v) is 6.27. The Morgan fingerprint density at radius 3 is 2.76 bits per heavy atom. The second-order valence-electron chi connectivity index (χ2n) is 6.27. The fourth-order valence-corrected chi connectivity index (χ4v) is 3.39. The molecule has 1 saturated carbocycles. The maximum absolute atomic E-state index is 12.6. The van der Waals surface area contributed by atoms with Crippen molar-refractivity contribution in [2.45, 2.75) is 56.5 Å². The van der Waals surface area contributed by atoms with E-state index in [0.29, 0.717) is 6.61 Å². The van der Waals surface area contributed by atoms with Gasteiger partial charge in [0, 0.05) is 5.56 Å². The van der Waals surface area contributed by atoms with Gasteiger partial charge in [0.05, 0.1) is 18.2 Å². The molecule has 21 heavy (non-hydrogen) atoms. The Labute approximate surface area is 126 Å². The summed E-state index contributed by atoms with van der Waals surface area (Å²) in [6.45, 7) is 0.706. The van der Waals surface area contributed by atoms with Crippen molar-refractivity contribution in [2.24, 2.45) is 5.73 Å². The van der Waals surface area contributed by atoms with Gasteiger partial charge in [-0.2, -0.15) is 0 Å². The van der Waals surface area contributed by atoms with E-state index in [0.717, 1.165) is 49.8 Å². The molecule has 1 aromatic carbocycles. The van der Waals surface area contributed by atoms with Crippen molar-refractivity contribution >= 4 is 5.91 Å². The van der Waals surface area contributed by atoms with Crippen LogP contribution in [0, 0.1) is 0 Å². The van der Waals surface area contributed by atoms with E-state index in [4.69, 9.17) is 10.5 Å². The van der Waals surface area contributed by atoms with Gasteiger partial charge in [-0.15, -0.1) is 0 Å². The summed E-state index contributed by atoms with van der Waals surface area (Å²) in [6.07, 6.45) is 6.72. The number of hydrogen-bond acceptors (Lipinski definition) is 3. The lowest BCUT2D eigenvalue weighted by molar-refractivity contribution is -0.128. The third kappa shape index (κ3) is 3.05. The highest BCUT2D eigenvalue weighted by atomic mass is 16.5. The molecular formula is C17H24N2O2. The van der Waals surface area contributed by atoms with Crippen LogP contribution in [0.5, 0.6) is 5.75 Å². The topological polar surface area (TPSA) is 64.4 Å². The van der Waals surface area contributed by atoms with Gasteiger partial charge in [0.2, 0.25) is 5.91 Å². The third-order valence-corrected chi connectivity index (χ3v) is 4.69. The van der Waals surface area contributed by atoms with E-state index in [1.165, 1.54) is 6.42 Å². The van der Waals surface area contributed by atoms with Crippen molar-refractivity contribution in [1.82, 2.24) is 5.32 Å². The number of para-hydroxylation sites is 1. The molecule has 0 aromatic heterocycles. The smallest absolute Gasteiger partial charge is 0.240 e. The van der Waals surface area contributed by atoms with Gasteiger partial charge in [0.15, 0.2) is 0 Å². The second kappa shape index (κ2) is 6.06. The molecule has 1 aliphatic heterocycles. The fourth-order valence-electron chi connectivity index (χ4n) is 3.39. The number of rotatable bonds is 2. The summed E-state index contributed by atoms with van der Waals surface area (Å²) in [5, 5.41) is 3.18. The van der Waals surface area contributed by atoms with Crippen LogP contribution in [0.1, 0.15) is 56.6 Å². The van der Waals surface area contributed by atoms with Crippen molar-refractivity contribution < 1.29 is 9.53 Å². The molecular weight excluding hydrogens is 264 g/mol. The molecule has 1 aromatic rings. The van der Waals surface area contributed by atoms with Gasteiger partial charge >= 0.3 is 0 Å². The van der Waals surface area contributed by atoms with Crippen molar-refractivity contribution in [1.29, 1.82) is 0 Å². The first-order valence-corrected chi connectivity index (χ1v) is 8.01. The minimum atomic E-state index is -0.680. The molecule has 2 aliphatic rings. The molecule has 1 heterocycles. The van der Waals surface area contributed by atoms with Crippen LogP contribution in [0.3, 0.4) is 0 Å². The molecule has 4 heteroatoms. The quantitative estimate of drug-likeness (QED) is 0.879. The molecule has 0 bridgehead atoms. The van der Waals surface area contributed by atoms with Crippen LogP contribution >= 0.6 is 0 Å². The average molecular weight is 288 g/mol. The zero-order valence-electron chi connectivity index (χ0n) is 12.4. The lowest BCUT2D eigenvalue weighted by Gasteiger charge is -2.33. The Morgan fingerprint density at radius 1 is 1.19 bits per heavy atom. The standard InChI is InChI=1S/C17H24N2O2/c18-17(10-4-1-5-11-17)16(20)19-14-8-6-12-21-15-9-3-2-7-13(14)15/h2-3,7,9,14H,1,4-6,8,10-12,18H2,(H,19,20).